The van der Waals surface area contributed by atoms with E-state index in [1.54, 1.807) is 26.0 Å². The van der Waals surface area contributed by atoms with Crippen molar-refractivity contribution in [2.45, 2.75) is 39.0 Å². The Morgan fingerprint density at radius 1 is 1.12 bits per heavy atom. The summed E-state index contributed by atoms with van der Waals surface area (Å²) in [6, 6.07) is 12.7. The number of nitrogens with one attached hydrogen (secondary N) is 1. The zero-order valence-corrected chi connectivity index (χ0v) is 15.9. The van der Waals surface area contributed by atoms with E-state index in [2.05, 4.69) is 9.93 Å². The molecule has 0 unspecified atom stereocenters. The maximum Gasteiger partial charge on any atom is 0.276 e. The molecule has 2 rings (SSSR count). The standard InChI is InChI=1S/C19H24N2O3S/c1-5-12-24-18-10-8-17(9-11-18)16(4)20-21-25(22,23)19-13-14(2)6-7-15(19)3/h6-11,13,21H,5,12H2,1-4H3/b20-16-. The first kappa shape index (κ1) is 19.0. The molecule has 0 spiro atoms. The van der Waals surface area contributed by atoms with Crippen molar-refractivity contribution in [3.8, 4) is 5.75 Å². The van der Waals surface area contributed by atoms with Crippen LogP contribution in [0.1, 0.15) is 37.0 Å². The number of hydrazone groups is 1. The zero-order chi connectivity index (χ0) is 18.4. The summed E-state index contributed by atoms with van der Waals surface area (Å²) >= 11 is 0. The molecule has 25 heavy (non-hydrogen) atoms. The van der Waals surface area contributed by atoms with Crippen LogP contribution in [0.15, 0.2) is 52.5 Å². The average Bonchev–Trinajstić information content (AvgIpc) is 2.60. The number of rotatable bonds is 7. The van der Waals surface area contributed by atoms with E-state index in [9.17, 15) is 8.42 Å². The number of sulfonamides is 1. The molecule has 5 nitrogen and oxygen atoms in total. The second-order valence-corrected chi connectivity index (χ2v) is 7.56. The van der Waals surface area contributed by atoms with Crippen LogP contribution in [-0.2, 0) is 10.0 Å². The lowest BCUT2D eigenvalue weighted by molar-refractivity contribution is 0.317. The Bertz CT molecular complexity index is 857. The third kappa shape index (κ3) is 5.06. The topological polar surface area (TPSA) is 67.8 Å². The number of aryl methyl sites for hydroxylation is 2. The van der Waals surface area contributed by atoms with E-state index in [4.69, 9.17) is 4.74 Å². The smallest absolute Gasteiger partial charge is 0.276 e. The molecule has 0 amide bonds. The number of nitrogens with zero attached hydrogens (tertiary/aromatic N) is 1. The Kier molecular flexibility index (Phi) is 6.20. The highest BCUT2D eigenvalue weighted by Gasteiger charge is 2.16. The molecule has 0 atom stereocenters. The first-order chi connectivity index (χ1) is 11.8. The summed E-state index contributed by atoms with van der Waals surface area (Å²) in [5.74, 6) is 0.786. The summed E-state index contributed by atoms with van der Waals surface area (Å²) in [6.07, 6.45) is 0.947. The van der Waals surface area contributed by atoms with Crippen LogP contribution in [0.5, 0.6) is 5.75 Å². The lowest BCUT2D eigenvalue weighted by Gasteiger charge is -2.09. The normalized spacial score (nSPS) is 12.1. The zero-order valence-electron chi connectivity index (χ0n) is 15.0. The maximum atomic E-state index is 12.5. The number of benzene rings is 2. The lowest BCUT2D eigenvalue weighted by atomic mass is 10.1. The summed E-state index contributed by atoms with van der Waals surface area (Å²) in [4.78, 5) is 2.56. The van der Waals surface area contributed by atoms with E-state index in [0.29, 0.717) is 17.9 Å². The van der Waals surface area contributed by atoms with Gasteiger partial charge in [-0.15, -0.1) is 0 Å². The third-order valence-electron chi connectivity index (χ3n) is 3.71. The predicted octanol–water partition coefficient (Wildman–Crippen LogP) is 3.79. The van der Waals surface area contributed by atoms with Crippen molar-refractivity contribution >= 4 is 15.7 Å². The number of hydrogen-bond donors (Lipinski definition) is 1. The SMILES string of the molecule is CCCOc1ccc(/C(C)=N\NS(=O)(=O)c2cc(C)ccc2C)cc1. The molecule has 0 bridgehead atoms. The molecule has 0 heterocycles. The second kappa shape index (κ2) is 8.16. The number of hydrogen-bond acceptors (Lipinski definition) is 4. The summed E-state index contributed by atoms with van der Waals surface area (Å²) < 4.78 is 30.5. The molecule has 0 saturated heterocycles. The van der Waals surface area contributed by atoms with Crippen molar-refractivity contribution in [1.82, 2.24) is 4.83 Å². The summed E-state index contributed by atoms with van der Waals surface area (Å²) in [6.45, 7) is 8.09. The van der Waals surface area contributed by atoms with Crippen molar-refractivity contribution in [3.63, 3.8) is 0 Å². The fraction of sp³-hybridized carbons (Fsp3) is 0.316. The molecule has 2 aromatic carbocycles. The molecule has 0 aliphatic heterocycles. The van der Waals surface area contributed by atoms with E-state index in [1.807, 2.05) is 44.2 Å². The minimum Gasteiger partial charge on any atom is -0.494 e. The molecule has 134 valence electrons. The Morgan fingerprint density at radius 3 is 2.44 bits per heavy atom. The molecule has 0 aliphatic carbocycles. The van der Waals surface area contributed by atoms with Gasteiger partial charge in [0.25, 0.3) is 10.0 Å². The largest absolute Gasteiger partial charge is 0.494 e. The van der Waals surface area contributed by atoms with E-state index >= 15 is 0 Å². The molecule has 0 aliphatic rings. The highest BCUT2D eigenvalue weighted by Crippen LogP contribution is 2.17. The van der Waals surface area contributed by atoms with Gasteiger partial charge >= 0.3 is 0 Å². The first-order valence-corrected chi connectivity index (χ1v) is 9.68. The van der Waals surface area contributed by atoms with Crippen LogP contribution in [0.25, 0.3) is 0 Å². The van der Waals surface area contributed by atoms with Gasteiger partial charge in [-0.05, 0) is 74.2 Å². The fourth-order valence-corrected chi connectivity index (χ4v) is 3.44. The maximum absolute atomic E-state index is 12.5. The highest BCUT2D eigenvalue weighted by molar-refractivity contribution is 7.89. The van der Waals surface area contributed by atoms with Crippen molar-refractivity contribution in [2.75, 3.05) is 6.61 Å². The van der Waals surface area contributed by atoms with Crippen molar-refractivity contribution < 1.29 is 13.2 Å². The van der Waals surface area contributed by atoms with Gasteiger partial charge in [0, 0.05) is 0 Å². The van der Waals surface area contributed by atoms with Gasteiger partial charge in [-0.3, -0.25) is 0 Å². The fourth-order valence-electron chi connectivity index (χ4n) is 2.25. The van der Waals surface area contributed by atoms with Gasteiger partial charge in [0.1, 0.15) is 5.75 Å². The van der Waals surface area contributed by atoms with E-state index < -0.39 is 10.0 Å². The monoisotopic (exact) mass is 360 g/mol. The van der Waals surface area contributed by atoms with Crippen LogP contribution in [0.2, 0.25) is 0 Å². The van der Waals surface area contributed by atoms with Gasteiger partial charge < -0.3 is 4.74 Å². The van der Waals surface area contributed by atoms with Crippen molar-refractivity contribution in [1.29, 1.82) is 0 Å². The van der Waals surface area contributed by atoms with Gasteiger partial charge in [-0.1, -0.05) is 19.1 Å². The van der Waals surface area contributed by atoms with Crippen molar-refractivity contribution in [3.05, 3.63) is 59.2 Å². The molecule has 1 N–H and O–H groups in total. The van der Waals surface area contributed by atoms with Crippen LogP contribution in [0.4, 0.5) is 0 Å². The van der Waals surface area contributed by atoms with E-state index in [-0.39, 0.29) is 4.90 Å². The summed E-state index contributed by atoms with van der Waals surface area (Å²) in [5, 5.41) is 4.04. The minimum absolute atomic E-state index is 0.243. The Labute approximate surface area is 149 Å². The lowest BCUT2D eigenvalue weighted by Crippen LogP contribution is -2.21. The molecule has 0 fully saturated rings. The van der Waals surface area contributed by atoms with Gasteiger partial charge in [0.05, 0.1) is 17.2 Å². The molecular weight excluding hydrogens is 336 g/mol. The van der Waals surface area contributed by atoms with Gasteiger partial charge in [0.2, 0.25) is 0 Å². The van der Waals surface area contributed by atoms with Crippen LogP contribution in [0.3, 0.4) is 0 Å². The molecule has 0 aromatic heterocycles. The molecular formula is C19H24N2O3S. The van der Waals surface area contributed by atoms with Crippen LogP contribution < -0.4 is 9.57 Å². The van der Waals surface area contributed by atoms with Crippen LogP contribution in [-0.4, -0.2) is 20.7 Å². The van der Waals surface area contributed by atoms with Crippen LogP contribution >= 0.6 is 0 Å². The summed E-state index contributed by atoms with van der Waals surface area (Å²) in [7, 11) is -3.70. The Hall–Kier alpha value is -2.34. The van der Waals surface area contributed by atoms with Gasteiger partial charge in [-0.2, -0.15) is 18.4 Å². The van der Waals surface area contributed by atoms with Crippen molar-refractivity contribution in [2.24, 2.45) is 5.10 Å². The molecule has 0 radical (unpaired) electrons. The molecule has 0 saturated carbocycles. The average molecular weight is 360 g/mol. The van der Waals surface area contributed by atoms with Crippen LogP contribution in [0, 0.1) is 13.8 Å². The van der Waals surface area contributed by atoms with Gasteiger partial charge in [0.15, 0.2) is 0 Å². The predicted molar refractivity (Wildman–Crippen MR) is 101 cm³/mol. The van der Waals surface area contributed by atoms with E-state index in [0.717, 1.165) is 23.3 Å². The Morgan fingerprint density at radius 2 is 1.80 bits per heavy atom. The molecule has 6 heteroatoms. The Balaban J connectivity index is 2.15. The third-order valence-corrected chi connectivity index (χ3v) is 5.06. The van der Waals surface area contributed by atoms with Gasteiger partial charge in [-0.25, -0.2) is 0 Å². The number of ether oxygens (including phenoxy) is 1. The molecule has 2 aromatic rings. The summed E-state index contributed by atoms with van der Waals surface area (Å²) in [5.41, 5.74) is 2.97. The minimum atomic E-state index is -3.70. The second-order valence-electron chi connectivity index (χ2n) is 5.93. The first-order valence-electron chi connectivity index (χ1n) is 8.20. The highest BCUT2D eigenvalue weighted by atomic mass is 32.2. The van der Waals surface area contributed by atoms with E-state index in [1.165, 1.54) is 0 Å². The quantitative estimate of drug-likeness (QED) is 0.603.